The Morgan fingerprint density at radius 2 is 1.18 bits per heavy atom. The summed E-state index contributed by atoms with van der Waals surface area (Å²) >= 11 is 0. The first kappa shape index (κ1) is 44.9. The van der Waals surface area contributed by atoms with Gasteiger partial charge in [-0.3, -0.25) is 33.6 Å². The third-order valence-corrected chi connectivity index (χ3v) is 10.2. The van der Waals surface area contributed by atoms with Gasteiger partial charge in [0.05, 0.1) is 19.0 Å². The number of benzene rings is 3. The lowest BCUT2D eigenvalue weighted by Crippen LogP contribution is -2.59. The first-order valence-electron chi connectivity index (χ1n) is 19.8. The van der Waals surface area contributed by atoms with Crippen molar-refractivity contribution in [3.05, 3.63) is 102 Å². The number of hydrogen-bond acceptors (Lipinski definition) is 9. The van der Waals surface area contributed by atoms with E-state index in [1.165, 1.54) is 12.1 Å². The van der Waals surface area contributed by atoms with Gasteiger partial charge in [-0.25, -0.2) is 0 Å². The van der Waals surface area contributed by atoms with Crippen LogP contribution in [0.2, 0.25) is 0 Å². The first-order chi connectivity index (χ1) is 29.2. The second-order valence-corrected chi connectivity index (χ2v) is 14.8. The summed E-state index contributed by atoms with van der Waals surface area (Å²) < 4.78 is 0. The van der Waals surface area contributed by atoms with Crippen LogP contribution in [0.3, 0.4) is 0 Å². The highest BCUT2D eigenvalue weighted by Gasteiger charge is 2.33. The number of unbranched alkanes of at least 4 members (excludes halogenated alkanes) is 1. The average Bonchev–Trinajstić information content (AvgIpc) is 3.84. The van der Waals surface area contributed by atoms with E-state index in [0.717, 1.165) is 21.8 Å². The topological polar surface area (TPSA) is 304 Å². The van der Waals surface area contributed by atoms with Gasteiger partial charge in [-0.2, -0.15) is 0 Å². The van der Waals surface area contributed by atoms with E-state index in [2.05, 4.69) is 36.6 Å². The molecule has 5 atom stereocenters. The maximum absolute atomic E-state index is 14.1. The van der Waals surface area contributed by atoms with Gasteiger partial charge < -0.3 is 58.2 Å². The lowest BCUT2D eigenvalue weighted by atomic mass is 10.0. The fourth-order valence-corrected chi connectivity index (χ4v) is 6.87. The van der Waals surface area contributed by atoms with Crippen molar-refractivity contribution in [2.24, 2.45) is 11.5 Å². The summed E-state index contributed by atoms with van der Waals surface area (Å²) in [6, 6.07) is 14.3. The van der Waals surface area contributed by atoms with Crippen LogP contribution >= 0.6 is 0 Å². The summed E-state index contributed by atoms with van der Waals surface area (Å²) in [7, 11) is 0. The normalized spacial score (nSPS) is 13.6. The highest BCUT2D eigenvalue weighted by Crippen LogP contribution is 2.21. The van der Waals surface area contributed by atoms with E-state index in [1.807, 2.05) is 55.5 Å². The number of nitrogens with two attached hydrogens (primary N) is 2. The Kier molecular flexibility index (Phi) is 15.6. The van der Waals surface area contributed by atoms with E-state index in [0.29, 0.717) is 29.5 Å². The molecule has 2 aromatic heterocycles. The van der Waals surface area contributed by atoms with Gasteiger partial charge in [0.15, 0.2) is 0 Å². The van der Waals surface area contributed by atoms with Crippen LogP contribution in [0.4, 0.5) is 0 Å². The number of carbonyl (C=O) groups is 7. The quantitative estimate of drug-likeness (QED) is 0.0468. The number of aromatic hydroxyl groups is 1. The van der Waals surface area contributed by atoms with Crippen molar-refractivity contribution in [2.45, 2.75) is 82.1 Å². The Labute approximate surface area is 350 Å². The second-order valence-electron chi connectivity index (χ2n) is 14.8. The van der Waals surface area contributed by atoms with Gasteiger partial charge in [0.2, 0.25) is 35.4 Å². The first-order valence-corrected chi connectivity index (χ1v) is 19.8. The molecule has 0 radical (unpaired) electrons. The van der Waals surface area contributed by atoms with Crippen molar-refractivity contribution < 1.29 is 43.8 Å². The molecule has 18 heteroatoms. The van der Waals surface area contributed by atoms with Gasteiger partial charge in [0.25, 0.3) is 0 Å². The van der Waals surface area contributed by atoms with Crippen molar-refractivity contribution in [1.29, 1.82) is 0 Å². The molecule has 0 unspecified atom stereocenters. The maximum atomic E-state index is 14.1. The lowest BCUT2D eigenvalue weighted by Gasteiger charge is -2.26. The summed E-state index contributed by atoms with van der Waals surface area (Å²) in [5.74, 6) is -6.22. The second kappa shape index (κ2) is 21.2. The molecule has 322 valence electrons. The van der Waals surface area contributed by atoms with E-state index >= 15 is 0 Å². The highest BCUT2D eigenvalue weighted by atomic mass is 16.4. The monoisotopic (exact) mass is 837 g/mol. The standard InChI is InChI=1S/C43H51N9O9/c1-2-3-10-33(41(59)52-36(20-38(55)56)43(61)51-34(39(45)57)18-25-21-46-31-11-6-4-8-28(25)31)50-42(60)35(19-26-22-47-32-12-7-5-9-29(26)32)49-37(54)23-48-40(58)30(44)17-24-13-15-27(53)16-14-24/h4-9,11-16,21-22,30,33-36,46-47,53H,2-3,10,17-20,23,44H2,1H3,(H2,45,57)(H,48,58)(H,49,54)(H,50,60)(H,51,61)(H,52,59)(H,55,56)/t30-,33-,34-,35-,36-/m0/s1. The number of aliphatic carboxylic acids is 1. The molecule has 0 aliphatic heterocycles. The van der Waals surface area contributed by atoms with Crippen LogP contribution in [0.15, 0.2) is 85.2 Å². The summed E-state index contributed by atoms with van der Waals surface area (Å²) in [6.45, 7) is 1.33. The number of H-pyrrole nitrogens is 2. The van der Waals surface area contributed by atoms with Crippen LogP contribution in [0.5, 0.6) is 5.75 Å². The molecule has 61 heavy (non-hydrogen) atoms. The predicted octanol–water partition coefficient (Wildman–Crippen LogP) is 0.916. The summed E-state index contributed by atoms with van der Waals surface area (Å²) in [4.78, 5) is 98.2. The number of primary amides is 1. The number of para-hydroxylation sites is 2. The molecule has 0 saturated carbocycles. The van der Waals surface area contributed by atoms with Crippen molar-refractivity contribution in [1.82, 2.24) is 36.6 Å². The number of nitrogens with one attached hydrogen (secondary N) is 7. The van der Waals surface area contributed by atoms with Gasteiger partial charge in [0, 0.05) is 47.0 Å². The van der Waals surface area contributed by atoms with Crippen LogP contribution in [0.25, 0.3) is 21.8 Å². The van der Waals surface area contributed by atoms with E-state index in [4.69, 9.17) is 11.5 Å². The number of aromatic amines is 2. The van der Waals surface area contributed by atoms with E-state index in [-0.39, 0.29) is 31.4 Å². The predicted molar refractivity (Wildman–Crippen MR) is 225 cm³/mol. The zero-order chi connectivity index (χ0) is 44.1. The molecule has 0 saturated heterocycles. The minimum Gasteiger partial charge on any atom is -0.508 e. The molecule has 3 aromatic carbocycles. The smallest absolute Gasteiger partial charge is 0.305 e. The Balaban J connectivity index is 1.29. The molecule has 6 amide bonds. The number of carbonyl (C=O) groups excluding carboxylic acids is 6. The number of carboxylic acid groups (broad SMARTS) is 1. The Bertz CT molecular complexity index is 2360. The number of carboxylic acids is 1. The number of phenols is 1. The minimum absolute atomic E-state index is 0.0200. The molecule has 2 heterocycles. The largest absolute Gasteiger partial charge is 0.508 e. The molecule has 0 bridgehead atoms. The molecule has 18 nitrogen and oxygen atoms in total. The number of aromatic nitrogens is 2. The van der Waals surface area contributed by atoms with Gasteiger partial charge in [-0.05, 0) is 53.8 Å². The van der Waals surface area contributed by atoms with Crippen LogP contribution in [0.1, 0.15) is 49.3 Å². The zero-order valence-corrected chi connectivity index (χ0v) is 33.5. The van der Waals surface area contributed by atoms with Gasteiger partial charge in [-0.15, -0.1) is 0 Å². The fraction of sp³-hybridized carbons (Fsp3) is 0.326. The van der Waals surface area contributed by atoms with Gasteiger partial charge in [-0.1, -0.05) is 68.3 Å². The highest BCUT2D eigenvalue weighted by molar-refractivity contribution is 5.97. The zero-order valence-electron chi connectivity index (χ0n) is 33.5. The number of hydrogen-bond donors (Lipinski definition) is 11. The molecular weight excluding hydrogens is 787 g/mol. The lowest BCUT2D eigenvalue weighted by molar-refractivity contribution is -0.141. The Morgan fingerprint density at radius 1 is 0.656 bits per heavy atom. The van der Waals surface area contributed by atoms with E-state index in [9.17, 15) is 43.8 Å². The van der Waals surface area contributed by atoms with Crippen LogP contribution in [-0.2, 0) is 52.8 Å². The summed E-state index contributed by atoms with van der Waals surface area (Å²) in [6.07, 6.45) is 3.72. The summed E-state index contributed by atoms with van der Waals surface area (Å²) in [5.41, 5.74) is 15.3. The average molecular weight is 838 g/mol. The third-order valence-electron chi connectivity index (χ3n) is 10.2. The van der Waals surface area contributed by atoms with Gasteiger partial charge >= 0.3 is 5.97 Å². The van der Waals surface area contributed by atoms with Crippen LogP contribution in [0, 0.1) is 0 Å². The third kappa shape index (κ3) is 12.6. The Hall–Kier alpha value is -7.21. The number of phenolic OH excluding ortho intramolecular Hbond substituents is 1. The number of fused-ring (bicyclic) bond motifs is 2. The summed E-state index contributed by atoms with van der Waals surface area (Å²) in [5, 5.41) is 33.5. The van der Waals surface area contributed by atoms with E-state index < -0.39 is 84.6 Å². The molecule has 5 rings (SSSR count). The van der Waals surface area contributed by atoms with Crippen molar-refractivity contribution in [3.63, 3.8) is 0 Å². The molecule has 0 aliphatic rings. The van der Waals surface area contributed by atoms with E-state index in [1.54, 1.807) is 24.5 Å². The number of rotatable bonds is 22. The van der Waals surface area contributed by atoms with Gasteiger partial charge in [0.1, 0.15) is 29.9 Å². The van der Waals surface area contributed by atoms with Crippen molar-refractivity contribution >= 4 is 63.2 Å². The minimum atomic E-state index is -1.67. The van der Waals surface area contributed by atoms with Crippen molar-refractivity contribution in [3.8, 4) is 5.75 Å². The molecule has 5 aromatic rings. The van der Waals surface area contributed by atoms with Crippen LogP contribution in [-0.4, -0.2) is 98.3 Å². The fourth-order valence-electron chi connectivity index (χ4n) is 6.87. The molecule has 0 spiro atoms. The maximum Gasteiger partial charge on any atom is 0.305 e. The molecule has 0 fully saturated rings. The van der Waals surface area contributed by atoms with Crippen molar-refractivity contribution in [2.75, 3.05) is 6.54 Å². The SMILES string of the molecule is CCCC[C@H](NC(=O)[C@H](Cc1c[nH]c2ccccc12)NC(=O)CNC(=O)[C@@H](N)Cc1ccc(O)cc1)C(=O)N[C@@H](CC(=O)O)C(=O)N[C@@H](Cc1c[nH]c2ccccc12)C(N)=O. The number of amides is 6. The molecule has 0 aliphatic carbocycles. The molecular formula is C43H51N9O9. The molecule has 13 N–H and O–H groups in total. The van der Waals surface area contributed by atoms with Crippen LogP contribution < -0.4 is 38.1 Å². The Morgan fingerprint density at radius 3 is 1.75 bits per heavy atom.